The molecule has 1 saturated heterocycles. The lowest BCUT2D eigenvalue weighted by atomic mass is 9.90. The Morgan fingerprint density at radius 3 is 2.63 bits per heavy atom. The SMILES string of the molecule is CC(C(=O)N1CCC(C(C)N)CC1)c1cccnc1. The van der Waals surface area contributed by atoms with Crippen LogP contribution < -0.4 is 5.73 Å². The summed E-state index contributed by atoms with van der Waals surface area (Å²) >= 11 is 0. The Balaban J connectivity index is 1.94. The molecule has 2 heterocycles. The summed E-state index contributed by atoms with van der Waals surface area (Å²) in [5, 5.41) is 0. The monoisotopic (exact) mass is 261 g/mol. The van der Waals surface area contributed by atoms with Gasteiger partial charge in [0.15, 0.2) is 0 Å². The topological polar surface area (TPSA) is 59.2 Å². The molecule has 2 rings (SSSR count). The second-order valence-electron chi connectivity index (χ2n) is 5.53. The Morgan fingerprint density at radius 1 is 1.42 bits per heavy atom. The average molecular weight is 261 g/mol. The highest BCUT2D eigenvalue weighted by atomic mass is 16.2. The van der Waals surface area contributed by atoms with Crippen LogP contribution in [0.2, 0.25) is 0 Å². The number of nitrogens with zero attached hydrogens (tertiary/aromatic N) is 2. The maximum atomic E-state index is 12.4. The fraction of sp³-hybridized carbons (Fsp3) is 0.600. The zero-order valence-corrected chi connectivity index (χ0v) is 11.7. The van der Waals surface area contributed by atoms with E-state index in [0.717, 1.165) is 31.5 Å². The van der Waals surface area contributed by atoms with Crippen LogP contribution in [0.25, 0.3) is 0 Å². The Kier molecular flexibility index (Phi) is 4.53. The number of carbonyl (C=O) groups excluding carboxylic acids is 1. The lowest BCUT2D eigenvalue weighted by Crippen LogP contribution is -2.43. The van der Waals surface area contributed by atoms with Gasteiger partial charge in [0.1, 0.15) is 0 Å². The van der Waals surface area contributed by atoms with Gasteiger partial charge in [-0.05, 0) is 44.2 Å². The van der Waals surface area contributed by atoms with E-state index in [0.29, 0.717) is 5.92 Å². The fourth-order valence-electron chi connectivity index (χ4n) is 2.69. The van der Waals surface area contributed by atoms with Gasteiger partial charge >= 0.3 is 0 Å². The summed E-state index contributed by atoms with van der Waals surface area (Å²) in [6.07, 6.45) is 5.54. The summed E-state index contributed by atoms with van der Waals surface area (Å²) in [4.78, 5) is 18.5. The largest absolute Gasteiger partial charge is 0.342 e. The number of likely N-dealkylation sites (tertiary alicyclic amines) is 1. The molecule has 0 saturated carbocycles. The van der Waals surface area contributed by atoms with Crippen molar-refractivity contribution in [2.75, 3.05) is 13.1 Å². The molecule has 1 amide bonds. The number of piperidine rings is 1. The maximum absolute atomic E-state index is 12.4. The highest BCUT2D eigenvalue weighted by Gasteiger charge is 2.27. The summed E-state index contributed by atoms with van der Waals surface area (Å²) in [5.41, 5.74) is 6.92. The zero-order chi connectivity index (χ0) is 13.8. The number of nitrogens with two attached hydrogens (primary N) is 1. The van der Waals surface area contributed by atoms with E-state index in [1.165, 1.54) is 0 Å². The predicted molar refractivity (Wildman–Crippen MR) is 75.6 cm³/mol. The maximum Gasteiger partial charge on any atom is 0.229 e. The minimum absolute atomic E-state index is 0.111. The lowest BCUT2D eigenvalue weighted by Gasteiger charge is -2.35. The molecule has 0 aliphatic carbocycles. The van der Waals surface area contributed by atoms with Crippen molar-refractivity contribution < 1.29 is 4.79 Å². The Hall–Kier alpha value is -1.42. The first kappa shape index (κ1) is 14.0. The van der Waals surface area contributed by atoms with Crippen LogP contribution in [-0.4, -0.2) is 34.9 Å². The number of rotatable bonds is 3. The van der Waals surface area contributed by atoms with Gasteiger partial charge in [-0.1, -0.05) is 6.07 Å². The summed E-state index contributed by atoms with van der Waals surface area (Å²) in [6.45, 7) is 5.67. The smallest absolute Gasteiger partial charge is 0.229 e. The normalized spacial score (nSPS) is 20.1. The van der Waals surface area contributed by atoms with Gasteiger partial charge in [0.05, 0.1) is 5.92 Å². The molecule has 4 heteroatoms. The van der Waals surface area contributed by atoms with Crippen molar-refractivity contribution in [1.82, 2.24) is 9.88 Å². The van der Waals surface area contributed by atoms with Gasteiger partial charge in [-0.3, -0.25) is 9.78 Å². The molecule has 4 nitrogen and oxygen atoms in total. The van der Waals surface area contributed by atoms with Crippen LogP contribution in [0.4, 0.5) is 0 Å². The van der Waals surface area contributed by atoms with Crippen LogP contribution in [0.3, 0.4) is 0 Å². The van der Waals surface area contributed by atoms with E-state index in [4.69, 9.17) is 5.73 Å². The minimum atomic E-state index is -0.111. The third kappa shape index (κ3) is 3.32. The second kappa shape index (κ2) is 6.15. The van der Waals surface area contributed by atoms with Crippen LogP contribution in [0.15, 0.2) is 24.5 Å². The summed E-state index contributed by atoms with van der Waals surface area (Å²) in [6, 6.07) is 4.07. The number of hydrogen-bond acceptors (Lipinski definition) is 3. The fourth-order valence-corrected chi connectivity index (χ4v) is 2.69. The van der Waals surface area contributed by atoms with Crippen LogP contribution >= 0.6 is 0 Å². The van der Waals surface area contributed by atoms with Crippen molar-refractivity contribution in [3.63, 3.8) is 0 Å². The lowest BCUT2D eigenvalue weighted by molar-refractivity contribution is -0.133. The molecule has 2 unspecified atom stereocenters. The van der Waals surface area contributed by atoms with E-state index >= 15 is 0 Å². The van der Waals surface area contributed by atoms with Gasteiger partial charge in [-0.15, -0.1) is 0 Å². The minimum Gasteiger partial charge on any atom is -0.342 e. The molecule has 2 N–H and O–H groups in total. The molecule has 0 aromatic carbocycles. The number of aromatic nitrogens is 1. The van der Waals surface area contributed by atoms with Gasteiger partial charge in [0, 0.05) is 31.5 Å². The molecule has 1 aromatic heterocycles. The van der Waals surface area contributed by atoms with Crippen LogP contribution in [0.5, 0.6) is 0 Å². The van der Waals surface area contributed by atoms with Crippen molar-refractivity contribution >= 4 is 5.91 Å². The van der Waals surface area contributed by atoms with Crippen molar-refractivity contribution in [3.8, 4) is 0 Å². The van der Waals surface area contributed by atoms with Crippen molar-refractivity contribution in [2.24, 2.45) is 11.7 Å². The second-order valence-corrected chi connectivity index (χ2v) is 5.53. The van der Waals surface area contributed by atoms with Gasteiger partial charge in [-0.2, -0.15) is 0 Å². The van der Waals surface area contributed by atoms with E-state index in [-0.39, 0.29) is 17.9 Å². The number of hydrogen-bond donors (Lipinski definition) is 1. The Morgan fingerprint density at radius 2 is 2.11 bits per heavy atom. The highest BCUT2D eigenvalue weighted by Crippen LogP contribution is 2.23. The molecular formula is C15H23N3O. The van der Waals surface area contributed by atoms with Gasteiger partial charge in [0.2, 0.25) is 5.91 Å². The summed E-state index contributed by atoms with van der Waals surface area (Å²) in [7, 11) is 0. The van der Waals surface area contributed by atoms with E-state index in [1.807, 2.05) is 24.0 Å². The van der Waals surface area contributed by atoms with Gasteiger partial charge < -0.3 is 10.6 Å². The summed E-state index contributed by atoms with van der Waals surface area (Å²) in [5.74, 6) is 0.648. The molecule has 1 aliphatic rings. The first-order valence-corrected chi connectivity index (χ1v) is 7.04. The Bertz CT molecular complexity index is 411. The van der Waals surface area contributed by atoms with E-state index in [9.17, 15) is 4.79 Å². The first-order chi connectivity index (χ1) is 9.09. The molecule has 19 heavy (non-hydrogen) atoms. The predicted octanol–water partition coefficient (Wildman–Crippen LogP) is 1.77. The molecule has 0 radical (unpaired) electrons. The van der Waals surface area contributed by atoms with Crippen molar-refractivity contribution in [1.29, 1.82) is 0 Å². The molecule has 0 spiro atoms. The molecule has 1 fully saturated rings. The van der Waals surface area contributed by atoms with E-state index < -0.39 is 0 Å². The third-order valence-electron chi connectivity index (χ3n) is 4.15. The number of amides is 1. The summed E-state index contributed by atoms with van der Waals surface area (Å²) < 4.78 is 0. The zero-order valence-electron chi connectivity index (χ0n) is 11.7. The van der Waals surface area contributed by atoms with E-state index in [1.54, 1.807) is 12.4 Å². The molecule has 0 bridgehead atoms. The number of carbonyl (C=O) groups is 1. The average Bonchev–Trinajstić information content (AvgIpc) is 2.46. The van der Waals surface area contributed by atoms with E-state index in [2.05, 4.69) is 11.9 Å². The molecule has 1 aromatic rings. The van der Waals surface area contributed by atoms with Crippen LogP contribution in [-0.2, 0) is 4.79 Å². The van der Waals surface area contributed by atoms with Gasteiger partial charge in [0.25, 0.3) is 0 Å². The highest BCUT2D eigenvalue weighted by molar-refractivity contribution is 5.83. The molecule has 104 valence electrons. The van der Waals surface area contributed by atoms with Gasteiger partial charge in [-0.25, -0.2) is 0 Å². The number of pyridine rings is 1. The first-order valence-electron chi connectivity index (χ1n) is 7.04. The van der Waals surface area contributed by atoms with Crippen LogP contribution in [0, 0.1) is 5.92 Å². The Labute approximate surface area is 115 Å². The van der Waals surface area contributed by atoms with Crippen molar-refractivity contribution in [3.05, 3.63) is 30.1 Å². The van der Waals surface area contributed by atoms with Crippen molar-refractivity contribution in [2.45, 2.75) is 38.6 Å². The molecule has 2 atom stereocenters. The third-order valence-corrected chi connectivity index (χ3v) is 4.15. The molecule has 1 aliphatic heterocycles. The van der Waals surface area contributed by atoms with Crippen LogP contribution in [0.1, 0.15) is 38.2 Å². The standard InChI is InChI=1S/C15H23N3O/c1-11(14-4-3-7-17-10-14)15(19)18-8-5-13(6-9-18)12(2)16/h3-4,7,10-13H,5-6,8-9,16H2,1-2H3. The quantitative estimate of drug-likeness (QED) is 0.902. The molecular weight excluding hydrogens is 238 g/mol.